The first-order chi connectivity index (χ1) is 19.1. The molecule has 0 N–H and O–H groups in total. The van der Waals surface area contributed by atoms with Crippen LogP contribution in [0.1, 0.15) is 168 Å². The average molecular weight is 588 g/mol. The van der Waals surface area contributed by atoms with Crippen molar-refractivity contribution in [3.05, 3.63) is 11.6 Å². The van der Waals surface area contributed by atoms with Crippen LogP contribution in [-0.4, -0.2) is 70.6 Å². The Bertz CT molecular complexity index is 772. The van der Waals surface area contributed by atoms with E-state index in [0.29, 0.717) is 27.4 Å². The molecule has 0 unspecified atom stereocenters. The van der Waals surface area contributed by atoms with Gasteiger partial charge < -0.3 is 0 Å². The van der Waals surface area contributed by atoms with Crippen molar-refractivity contribution in [2.75, 3.05) is 39.3 Å². The van der Waals surface area contributed by atoms with E-state index < -0.39 is 0 Å². The maximum Gasteiger partial charge on any atom is 0.0125 e. The van der Waals surface area contributed by atoms with Gasteiger partial charge in [-0.05, 0) is 156 Å². The van der Waals surface area contributed by atoms with E-state index in [1.54, 1.807) is 5.57 Å². The molecule has 1 saturated carbocycles. The summed E-state index contributed by atoms with van der Waals surface area (Å²) >= 11 is 0. The SMILES string of the molecule is CC(C)(C)C1=CCCC1(C)C.CC(C)(C)N1CC2(CCC2)C1.CC(C)(C)N1CCCCC1.CC(C)(C)N1CCCCC1. The number of hydrogen-bond donors (Lipinski definition) is 0. The van der Waals surface area contributed by atoms with E-state index in [2.05, 4.69) is 118 Å². The molecule has 42 heavy (non-hydrogen) atoms. The Kier molecular flexibility index (Phi) is 13.3. The van der Waals surface area contributed by atoms with Crippen molar-refractivity contribution in [1.29, 1.82) is 0 Å². The summed E-state index contributed by atoms with van der Waals surface area (Å²) in [6.07, 6.45) is 18.0. The first kappa shape index (κ1) is 37.8. The van der Waals surface area contributed by atoms with E-state index >= 15 is 0 Å². The first-order valence-corrected chi connectivity index (χ1v) is 18.0. The van der Waals surface area contributed by atoms with Gasteiger partial charge in [-0.1, -0.05) is 65.5 Å². The van der Waals surface area contributed by atoms with Crippen LogP contribution in [0.2, 0.25) is 0 Å². The minimum atomic E-state index is 0.375. The molecule has 3 heteroatoms. The Labute approximate surface area is 265 Å². The van der Waals surface area contributed by atoms with Gasteiger partial charge >= 0.3 is 0 Å². The fraction of sp³-hybridized carbons (Fsp3) is 0.949. The van der Waals surface area contributed by atoms with E-state index in [4.69, 9.17) is 0 Å². The third-order valence-electron chi connectivity index (χ3n) is 10.7. The summed E-state index contributed by atoms with van der Waals surface area (Å²) in [5, 5.41) is 0. The Morgan fingerprint density at radius 1 is 0.500 bits per heavy atom. The molecule has 1 spiro atoms. The molecule has 0 amide bonds. The molecule has 5 aliphatic rings. The summed E-state index contributed by atoms with van der Waals surface area (Å²) < 4.78 is 0. The van der Waals surface area contributed by atoms with Crippen molar-refractivity contribution in [1.82, 2.24) is 14.7 Å². The summed E-state index contributed by atoms with van der Waals surface area (Å²) in [4.78, 5) is 7.76. The molecule has 0 aromatic rings. The van der Waals surface area contributed by atoms with E-state index in [-0.39, 0.29) is 0 Å². The molecular weight excluding hydrogens is 510 g/mol. The van der Waals surface area contributed by atoms with Gasteiger partial charge in [0.2, 0.25) is 0 Å². The molecule has 0 radical (unpaired) electrons. The van der Waals surface area contributed by atoms with Crippen molar-refractivity contribution in [3.8, 4) is 0 Å². The molecule has 0 bridgehead atoms. The molecule has 0 atom stereocenters. The van der Waals surface area contributed by atoms with Gasteiger partial charge in [0.25, 0.3) is 0 Å². The molecule has 0 aromatic carbocycles. The molecular formula is C39H77N3. The average Bonchev–Trinajstić information content (AvgIpc) is 3.17. The molecule has 5 rings (SSSR count). The fourth-order valence-electron chi connectivity index (χ4n) is 7.67. The molecule has 3 heterocycles. The molecule has 3 aliphatic heterocycles. The fourth-order valence-corrected chi connectivity index (χ4v) is 7.67. The number of hydrogen-bond acceptors (Lipinski definition) is 3. The smallest absolute Gasteiger partial charge is 0.0125 e. The van der Waals surface area contributed by atoms with Gasteiger partial charge in [-0.15, -0.1) is 0 Å². The van der Waals surface area contributed by atoms with Crippen LogP contribution in [0.15, 0.2) is 11.6 Å². The topological polar surface area (TPSA) is 9.72 Å². The maximum atomic E-state index is 2.60. The molecule has 4 fully saturated rings. The van der Waals surface area contributed by atoms with Gasteiger partial charge in [-0.3, -0.25) is 14.7 Å². The molecule has 3 saturated heterocycles. The highest BCUT2D eigenvalue weighted by Gasteiger charge is 2.49. The lowest BCUT2D eigenvalue weighted by Gasteiger charge is -2.60. The lowest BCUT2D eigenvalue weighted by molar-refractivity contribution is -0.104. The van der Waals surface area contributed by atoms with E-state index in [0.717, 1.165) is 5.41 Å². The number of likely N-dealkylation sites (tertiary alicyclic amines) is 3. The number of allylic oxidation sites excluding steroid dienone is 2. The van der Waals surface area contributed by atoms with Gasteiger partial charge in [0, 0.05) is 29.7 Å². The van der Waals surface area contributed by atoms with Crippen LogP contribution >= 0.6 is 0 Å². The second-order valence-electron chi connectivity index (χ2n) is 19.1. The van der Waals surface area contributed by atoms with Crippen LogP contribution < -0.4 is 0 Å². The number of rotatable bonds is 0. The highest BCUT2D eigenvalue weighted by molar-refractivity contribution is 5.23. The van der Waals surface area contributed by atoms with Crippen LogP contribution in [0, 0.1) is 16.2 Å². The van der Waals surface area contributed by atoms with Crippen LogP contribution in [0.5, 0.6) is 0 Å². The minimum Gasteiger partial charge on any atom is -0.298 e. The summed E-state index contributed by atoms with van der Waals surface area (Å²) in [7, 11) is 0. The summed E-state index contributed by atoms with van der Waals surface area (Å²) in [5.41, 5.74) is 4.50. The monoisotopic (exact) mass is 588 g/mol. The van der Waals surface area contributed by atoms with Crippen molar-refractivity contribution in [3.63, 3.8) is 0 Å². The van der Waals surface area contributed by atoms with E-state index in [1.165, 1.54) is 110 Å². The highest BCUT2D eigenvalue weighted by atomic mass is 15.3. The lowest BCUT2D eigenvalue weighted by atomic mass is 9.62. The van der Waals surface area contributed by atoms with Crippen molar-refractivity contribution < 1.29 is 0 Å². The number of piperidine rings is 2. The van der Waals surface area contributed by atoms with Gasteiger partial charge in [0.15, 0.2) is 0 Å². The van der Waals surface area contributed by atoms with Gasteiger partial charge in [-0.25, -0.2) is 0 Å². The maximum absolute atomic E-state index is 2.60. The molecule has 3 nitrogen and oxygen atoms in total. The van der Waals surface area contributed by atoms with Crippen molar-refractivity contribution >= 4 is 0 Å². The number of nitrogens with zero attached hydrogens (tertiary/aromatic N) is 3. The lowest BCUT2D eigenvalue weighted by Crippen LogP contribution is -2.64. The van der Waals surface area contributed by atoms with Gasteiger partial charge in [0.1, 0.15) is 0 Å². The van der Waals surface area contributed by atoms with Crippen molar-refractivity contribution in [2.45, 2.75) is 184 Å². The molecule has 0 aromatic heterocycles. The van der Waals surface area contributed by atoms with E-state index in [9.17, 15) is 0 Å². The zero-order valence-corrected chi connectivity index (χ0v) is 31.4. The predicted molar refractivity (Wildman–Crippen MR) is 189 cm³/mol. The quantitative estimate of drug-likeness (QED) is 0.261. The summed E-state index contributed by atoms with van der Waals surface area (Å²) in [6, 6.07) is 0. The second kappa shape index (κ2) is 14.8. The summed E-state index contributed by atoms with van der Waals surface area (Å²) in [5.74, 6) is 0. The Morgan fingerprint density at radius 3 is 1.07 bits per heavy atom. The second-order valence-corrected chi connectivity index (χ2v) is 19.1. The normalized spacial score (nSPS) is 25.0. The third kappa shape index (κ3) is 11.8. The van der Waals surface area contributed by atoms with Crippen molar-refractivity contribution in [2.24, 2.45) is 16.2 Å². The first-order valence-electron chi connectivity index (χ1n) is 18.0. The van der Waals surface area contributed by atoms with Crippen LogP contribution in [0.3, 0.4) is 0 Å². The van der Waals surface area contributed by atoms with Crippen LogP contribution in [-0.2, 0) is 0 Å². The highest BCUT2D eigenvalue weighted by Crippen LogP contribution is 2.50. The minimum absolute atomic E-state index is 0.375. The van der Waals surface area contributed by atoms with Gasteiger partial charge in [0.05, 0.1) is 0 Å². The molecule has 248 valence electrons. The predicted octanol–water partition coefficient (Wildman–Crippen LogP) is 10.6. The zero-order chi connectivity index (χ0) is 32.0. The molecule has 2 aliphatic carbocycles. The standard InChI is InChI=1S/C11H20.C10H19N.2C9H19N/c1-10(2,3)9-7-6-8-11(9,4)5;1-9(2,3)11-7-10(8-11)5-4-6-10;2*1-9(2,3)10-7-5-4-6-8-10/h7H,6,8H2,1-5H3;4-8H2,1-3H3;2*4-8H2,1-3H3. The van der Waals surface area contributed by atoms with Crippen LogP contribution in [0.4, 0.5) is 0 Å². The third-order valence-corrected chi connectivity index (χ3v) is 10.7. The Morgan fingerprint density at radius 2 is 0.881 bits per heavy atom. The Balaban J connectivity index is 0.000000196. The zero-order valence-electron chi connectivity index (χ0n) is 31.4. The summed E-state index contributed by atoms with van der Waals surface area (Å²) in [6.45, 7) is 40.4. The Hall–Kier alpha value is -0.380. The largest absolute Gasteiger partial charge is 0.298 e. The van der Waals surface area contributed by atoms with Gasteiger partial charge in [-0.2, -0.15) is 0 Å². The van der Waals surface area contributed by atoms with E-state index in [1.807, 2.05) is 0 Å². The van der Waals surface area contributed by atoms with Crippen LogP contribution in [0.25, 0.3) is 0 Å².